The first kappa shape index (κ1) is 19.7. The number of carbonyl (C=O) groups is 3. The number of carbonyl (C=O) groups excluding carboxylic acids is 3. The van der Waals surface area contributed by atoms with Gasteiger partial charge in [0.05, 0.1) is 14.1 Å². The number of urea groups is 1. The number of nitrogens with one attached hydrogen (secondary N) is 1. The smallest absolute Gasteiger partial charge is 0.349 e. The summed E-state index contributed by atoms with van der Waals surface area (Å²) in [5, 5.41) is 3.11. The van der Waals surface area contributed by atoms with Gasteiger partial charge in [-0.1, -0.05) is 22.0 Å². The zero-order valence-electron chi connectivity index (χ0n) is 15.7. The number of rotatable bonds is 3. The maximum atomic E-state index is 12.6. The first-order chi connectivity index (χ1) is 12.8. The molecule has 1 fully saturated rings. The number of piperidine rings is 1. The molecule has 0 spiro atoms. The molecule has 0 aliphatic carbocycles. The van der Waals surface area contributed by atoms with Crippen LogP contribution in [-0.2, 0) is 4.79 Å². The van der Waals surface area contributed by atoms with E-state index in [9.17, 15) is 14.4 Å². The van der Waals surface area contributed by atoms with Gasteiger partial charge >= 0.3 is 11.9 Å². The minimum Gasteiger partial charge on any atom is -0.349 e. The van der Waals surface area contributed by atoms with Gasteiger partial charge in [-0.15, -0.1) is 0 Å². The van der Waals surface area contributed by atoms with E-state index in [1.54, 1.807) is 13.3 Å². The Hall–Kier alpha value is -2.06. The summed E-state index contributed by atoms with van der Waals surface area (Å²) in [6.45, 7) is 3.29. The fraction of sp³-hybridized carbons (Fsp3) is 0.474. The summed E-state index contributed by atoms with van der Waals surface area (Å²) >= 11 is 3.46. The molecular formula is C19H24BrN4O3+. The Kier molecular flexibility index (Phi) is 5.76. The predicted octanol–water partition coefficient (Wildman–Crippen LogP) is 1.63. The maximum absolute atomic E-state index is 12.6. The van der Waals surface area contributed by atoms with Crippen LogP contribution in [0, 0.1) is 6.92 Å². The Labute approximate surface area is 167 Å². The topological polar surface area (TPSA) is 72.7 Å². The minimum atomic E-state index is -0.429. The van der Waals surface area contributed by atoms with Crippen LogP contribution in [0.25, 0.3) is 0 Å². The molecule has 1 saturated heterocycles. The number of halogens is 1. The van der Waals surface area contributed by atoms with Crippen molar-refractivity contribution < 1.29 is 19.0 Å². The Morgan fingerprint density at radius 3 is 2.59 bits per heavy atom. The van der Waals surface area contributed by atoms with Crippen LogP contribution in [0.4, 0.5) is 4.79 Å². The van der Waals surface area contributed by atoms with E-state index in [1.807, 2.05) is 25.1 Å². The van der Waals surface area contributed by atoms with Crippen molar-refractivity contribution in [2.45, 2.75) is 31.8 Å². The Morgan fingerprint density at radius 1 is 1.26 bits per heavy atom. The van der Waals surface area contributed by atoms with Gasteiger partial charge in [-0.2, -0.15) is 9.69 Å². The van der Waals surface area contributed by atoms with Crippen molar-refractivity contribution in [3.8, 4) is 0 Å². The third-order valence-electron chi connectivity index (χ3n) is 5.31. The van der Waals surface area contributed by atoms with Crippen molar-refractivity contribution in [1.82, 2.24) is 15.1 Å². The third-order valence-corrected chi connectivity index (χ3v) is 6.17. The monoisotopic (exact) mass is 435 g/mol. The second-order valence-electron chi connectivity index (χ2n) is 7.08. The number of hydrogen-bond acceptors (Lipinski definition) is 4. The number of benzene rings is 1. The largest absolute Gasteiger partial charge is 0.500 e. The summed E-state index contributed by atoms with van der Waals surface area (Å²) in [6, 6.07) is 4.92. The number of likely N-dealkylation sites (tertiary alicyclic amines) is 1. The highest BCUT2D eigenvalue weighted by Gasteiger charge is 2.42. The van der Waals surface area contributed by atoms with Gasteiger partial charge in [-0.05, 0) is 37.5 Å². The zero-order valence-corrected chi connectivity index (χ0v) is 17.3. The highest BCUT2D eigenvalue weighted by Crippen LogP contribution is 2.21. The lowest BCUT2D eigenvalue weighted by Crippen LogP contribution is -2.59. The molecule has 8 heteroatoms. The molecule has 7 nitrogen and oxygen atoms in total. The summed E-state index contributed by atoms with van der Waals surface area (Å²) < 4.78 is 2.37. The van der Waals surface area contributed by atoms with Gasteiger partial charge in [0.25, 0.3) is 5.91 Å². The van der Waals surface area contributed by atoms with Gasteiger partial charge in [-0.25, -0.2) is 9.37 Å². The fourth-order valence-corrected chi connectivity index (χ4v) is 3.92. The molecule has 2 aliphatic rings. The van der Waals surface area contributed by atoms with E-state index in [-0.39, 0.29) is 23.9 Å². The molecule has 2 aliphatic heterocycles. The van der Waals surface area contributed by atoms with Crippen LogP contribution in [0.3, 0.4) is 0 Å². The first-order valence-corrected chi connectivity index (χ1v) is 9.78. The lowest BCUT2D eigenvalue weighted by Gasteiger charge is -2.36. The minimum absolute atomic E-state index is 0.0716. The first-order valence-electron chi connectivity index (χ1n) is 8.99. The SMILES string of the molecule is Cc1c(Br)cccc1C(=O)NC1CCN(C2C=[N+](C)C(=O)N(C)C2=O)CC1. The molecule has 0 bridgehead atoms. The number of hydrogen-bond donors (Lipinski definition) is 1. The molecule has 1 N–H and O–H groups in total. The molecule has 1 aromatic rings. The molecular weight excluding hydrogens is 412 g/mol. The number of nitrogens with zero attached hydrogens (tertiary/aromatic N) is 3. The average molecular weight is 436 g/mol. The van der Waals surface area contributed by atoms with Gasteiger partial charge in [0.2, 0.25) is 0 Å². The number of amides is 4. The Morgan fingerprint density at radius 2 is 1.93 bits per heavy atom. The average Bonchev–Trinajstić information content (AvgIpc) is 2.66. The molecule has 2 heterocycles. The number of imide groups is 1. The van der Waals surface area contributed by atoms with Crippen LogP contribution in [0.1, 0.15) is 28.8 Å². The molecule has 0 radical (unpaired) electrons. The summed E-state index contributed by atoms with van der Waals surface area (Å²) in [5.41, 5.74) is 1.59. The maximum Gasteiger partial charge on any atom is 0.500 e. The van der Waals surface area contributed by atoms with Crippen molar-refractivity contribution in [2.75, 3.05) is 27.2 Å². The zero-order chi connectivity index (χ0) is 19.7. The highest BCUT2D eigenvalue weighted by molar-refractivity contribution is 9.10. The normalized spacial score (nSPS) is 22.0. The van der Waals surface area contributed by atoms with Crippen molar-refractivity contribution in [3.63, 3.8) is 0 Å². The lowest BCUT2D eigenvalue weighted by atomic mass is 10.0. The van der Waals surface area contributed by atoms with E-state index in [0.717, 1.165) is 27.8 Å². The summed E-state index contributed by atoms with van der Waals surface area (Å²) in [7, 11) is 3.17. The van der Waals surface area contributed by atoms with E-state index in [0.29, 0.717) is 18.7 Å². The van der Waals surface area contributed by atoms with Crippen molar-refractivity contribution in [3.05, 3.63) is 33.8 Å². The van der Waals surface area contributed by atoms with Gasteiger partial charge in [-0.3, -0.25) is 9.69 Å². The van der Waals surface area contributed by atoms with Gasteiger partial charge in [0.15, 0.2) is 6.04 Å². The summed E-state index contributed by atoms with van der Waals surface area (Å²) in [5.74, 6) is -0.275. The molecule has 0 aromatic heterocycles. The van der Waals surface area contributed by atoms with Crippen LogP contribution < -0.4 is 5.32 Å². The van der Waals surface area contributed by atoms with E-state index in [1.165, 1.54) is 11.6 Å². The number of likely N-dealkylation sites (N-methyl/N-ethyl adjacent to an activating group) is 1. The Bertz CT molecular complexity index is 815. The predicted molar refractivity (Wildman–Crippen MR) is 105 cm³/mol. The molecule has 27 heavy (non-hydrogen) atoms. The molecule has 3 rings (SSSR count). The van der Waals surface area contributed by atoms with E-state index in [4.69, 9.17) is 0 Å². The lowest BCUT2D eigenvalue weighted by molar-refractivity contribution is -0.401. The van der Waals surface area contributed by atoms with Crippen LogP contribution >= 0.6 is 15.9 Å². The Balaban J connectivity index is 1.61. The molecule has 4 amide bonds. The van der Waals surface area contributed by atoms with Gasteiger partial charge in [0, 0.05) is 29.2 Å². The van der Waals surface area contributed by atoms with Gasteiger partial charge < -0.3 is 5.32 Å². The molecule has 1 aromatic carbocycles. The highest BCUT2D eigenvalue weighted by atomic mass is 79.9. The molecule has 1 unspecified atom stereocenters. The fourth-order valence-electron chi connectivity index (χ4n) is 3.56. The molecule has 144 valence electrons. The summed E-state index contributed by atoms with van der Waals surface area (Å²) in [4.78, 5) is 40.1. The van der Waals surface area contributed by atoms with E-state index >= 15 is 0 Å². The van der Waals surface area contributed by atoms with Crippen LogP contribution in [0.15, 0.2) is 22.7 Å². The van der Waals surface area contributed by atoms with Crippen molar-refractivity contribution in [2.24, 2.45) is 0 Å². The quantitative estimate of drug-likeness (QED) is 0.732. The van der Waals surface area contributed by atoms with Gasteiger partial charge in [0.1, 0.15) is 6.21 Å². The van der Waals surface area contributed by atoms with Crippen LogP contribution in [0.5, 0.6) is 0 Å². The second-order valence-corrected chi connectivity index (χ2v) is 7.94. The second kappa shape index (κ2) is 7.90. The summed E-state index contributed by atoms with van der Waals surface area (Å²) in [6.07, 6.45) is 3.20. The van der Waals surface area contributed by atoms with Crippen LogP contribution in [0.2, 0.25) is 0 Å². The van der Waals surface area contributed by atoms with Crippen LogP contribution in [-0.4, -0.2) is 77.7 Å². The molecule has 1 atom stereocenters. The van der Waals surface area contributed by atoms with Crippen molar-refractivity contribution >= 4 is 40.0 Å². The third kappa shape index (κ3) is 3.96. The van der Waals surface area contributed by atoms with E-state index < -0.39 is 6.04 Å². The van der Waals surface area contributed by atoms with E-state index in [2.05, 4.69) is 26.1 Å². The molecule has 0 saturated carbocycles. The van der Waals surface area contributed by atoms with Crippen molar-refractivity contribution in [1.29, 1.82) is 0 Å². The standard InChI is InChI=1S/C19H23BrN4O3/c1-12-14(5-4-6-15(12)20)17(25)21-13-7-9-24(10-8-13)16-11-22(2)19(27)23(3)18(16)26/h4-6,11,13,16H,7-10H2,1-3H3/p+1.